The second-order valence-electron chi connectivity index (χ2n) is 5.97. The monoisotopic (exact) mass is 311 g/mol. The van der Waals surface area contributed by atoms with E-state index >= 15 is 0 Å². The number of thioether (sulfide) groups is 1. The van der Waals surface area contributed by atoms with Gasteiger partial charge in [0.15, 0.2) is 0 Å². The second-order valence-corrected chi connectivity index (χ2v) is 7.51. The van der Waals surface area contributed by atoms with E-state index in [0.29, 0.717) is 12.1 Å². The van der Waals surface area contributed by atoms with Crippen molar-refractivity contribution in [3.8, 4) is 0 Å². The topological polar surface area (TPSA) is 21.3 Å². The lowest BCUT2D eigenvalue weighted by atomic mass is 9.89. The zero-order valence-corrected chi connectivity index (χ0v) is 13.5. The summed E-state index contributed by atoms with van der Waals surface area (Å²) < 4.78 is 6.08. The Balaban J connectivity index is 1.62. The van der Waals surface area contributed by atoms with Crippen LogP contribution in [0.2, 0.25) is 5.02 Å². The molecule has 1 aromatic rings. The van der Waals surface area contributed by atoms with Crippen LogP contribution in [0.3, 0.4) is 0 Å². The first kappa shape index (κ1) is 14.7. The molecule has 2 nitrogen and oxygen atoms in total. The Morgan fingerprint density at radius 1 is 1.50 bits per heavy atom. The molecule has 0 saturated carbocycles. The third-order valence-electron chi connectivity index (χ3n) is 4.39. The van der Waals surface area contributed by atoms with Crippen molar-refractivity contribution in [2.24, 2.45) is 0 Å². The molecule has 20 heavy (non-hydrogen) atoms. The molecule has 2 saturated heterocycles. The number of ether oxygens (including phenoxy) is 1. The van der Waals surface area contributed by atoms with Gasteiger partial charge >= 0.3 is 0 Å². The number of rotatable bonds is 3. The Kier molecular flexibility index (Phi) is 4.61. The summed E-state index contributed by atoms with van der Waals surface area (Å²) in [5.41, 5.74) is 1.41. The minimum absolute atomic E-state index is 0.147. The molecule has 2 aliphatic rings. The maximum atomic E-state index is 6.08. The summed E-state index contributed by atoms with van der Waals surface area (Å²) in [6.45, 7) is 3.11. The molecule has 4 heteroatoms. The molecule has 110 valence electrons. The summed E-state index contributed by atoms with van der Waals surface area (Å²) in [4.78, 5) is 0. The van der Waals surface area contributed by atoms with Gasteiger partial charge in [-0.3, -0.25) is 0 Å². The maximum absolute atomic E-state index is 6.08. The van der Waals surface area contributed by atoms with Gasteiger partial charge in [-0.2, -0.15) is 11.8 Å². The molecule has 3 atom stereocenters. The quantitative estimate of drug-likeness (QED) is 0.910. The lowest BCUT2D eigenvalue weighted by Gasteiger charge is -2.39. The largest absolute Gasteiger partial charge is 0.374 e. The molecule has 0 aliphatic carbocycles. The number of nitrogens with one attached hydrogen (secondary N) is 1. The summed E-state index contributed by atoms with van der Waals surface area (Å²) in [5, 5.41) is 4.58. The van der Waals surface area contributed by atoms with E-state index in [4.69, 9.17) is 16.3 Å². The van der Waals surface area contributed by atoms with Gasteiger partial charge in [0.1, 0.15) is 0 Å². The maximum Gasteiger partial charge on any atom is 0.0795 e. The van der Waals surface area contributed by atoms with Crippen LogP contribution in [-0.4, -0.2) is 29.8 Å². The van der Waals surface area contributed by atoms with Gasteiger partial charge < -0.3 is 10.1 Å². The molecule has 2 heterocycles. The molecular formula is C16H22ClNOS. The Hall–Kier alpha value is -0.220. The van der Waals surface area contributed by atoms with Gasteiger partial charge in [0.05, 0.1) is 5.60 Å². The molecule has 1 aromatic carbocycles. The van der Waals surface area contributed by atoms with E-state index in [-0.39, 0.29) is 5.60 Å². The summed E-state index contributed by atoms with van der Waals surface area (Å²) in [6.07, 6.45) is 3.46. The number of hydrogen-bond donors (Lipinski definition) is 1. The Morgan fingerprint density at radius 2 is 2.40 bits per heavy atom. The Labute approximate surface area is 130 Å². The van der Waals surface area contributed by atoms with Crippen LogP contribution < -0.4 is 5.32 Å². The average molecular weight is 312 g/mol. The predicted molar refractivity (Wildman–Crippen MR) is 86.6 cm³/mol. The molecule has 2 fully saturated rings. The summed E-state index contributed by atoms with van der Waals surface area (Å²) in [7, 11) is 0. The van der Waals surface area contributed by atoms with Crippen LogP contribution in [0, 0.1) is 0 Å². The molecule has 1 N–H and O–H groups in total. The van der Waals surface area contributed by atoms with Crippen molar-refractivity contribution in [2.75, 3.05) is 18.1 Å². The lowest BCUT2D eigenvalue weighted by Crippen LogP contribution is -2.47. The van der Waals surface area contributed by atoms with Crippen LogP contribution in [0.25, 0.3) is 0 Å². The molecule has 3 unspecified atom stereocenters. The fourth-order valence-electron chi connectivity index (χ4n) is 3.26. The van der Waals surface area contributed by atoms with Crippen LogP contribution in [0.1, 0.15) is 37.8 Å². The fourth-order valence-corrected chi connectivity index (χ4v) is 4.84. The zero-order chi connectivity index (χ0) is 14.0. The van der Waals surface area contributed by atoms with Crippen molar-refractivity contribution in [3.63, 3.8) is 0 Å². The van der Waals surface area contributed by atoms with Crippen molar-refractivity contribution in [3.05, 3.63) is 34.9 Å². The summed E-state index contributed by atoms with van der Waals surface area (Å²) >= 11 is 8.11. The first-order valence-electron chi connectivity index (χ1n) is 7.40. The van der Waals surface area contributed by atoms with Crippen molar-refractivity contribution in [1.82, 2.24) is 5.32 Å². The van der Waals surface area contributed by atoms with E-state index in [9.17, 15) is 0 Å². The smallest absolute Gasteiger partial charge is 0.0795 e. The van der Waals surface area contributed by atoms with Crippen molar-refractivity contribution in [1.29, 1.82) is 0 Å². The molecule has 0 aromatic heterocycles. The van der Waals surface area contributed by atoms with Gasteiger partial charge in [-0.05, 0) is 49.6 Å². The highest BCUT2D eigenvalue weighted by Crippen LogP contribution is 2.38. The molecule has 3 rings (SSSR count). The van der Waals surface area contributed by atoms with Crippen molar-refractivity contribution in [2.45, 2.75) is 43.9 Å². The lowest BCUT2D eigenvalue weighted by molar-refractivity contribution is -0.0711. The Morgan fingerprint density at radius 3 is 3.15 bits per heavy atom. The Bertz CT molecular complexity index is 462. The van der Waals surface area contributed by atoms with Crippen LogP contribution in [0.4, 0.5) is 0 Å². The molecule has 2 aliphatic heterocycles. The van der Waals surface area contributed by atoms with E-state index in [2.05, 4.69) is 24.4 Å². The first-order valence-corrected chi connectivity index (χ1v) is 8.93. The first-order chi connectivity index (χ1) is 9.67. The molecule has 0 bridgehead atoms. The van der Waals surface area contributed by atoms with Crippen LogP contribution in [0.15, 0.2) is 24.3 Å². The summed E-state index contributed by atoms with van der Waals surface area (Å²) in [6, 6.07) is 9.04. The van der Waals surface area contributed by atoms with Gasteiger partial charge in [-0.25, -0.2) is 0 Å². The number of benzene rings is 1. The van der Waals surface area contributed by atoms with E-state index < -0.39 is 0 Å². The van der Waals surface area contributed by atoms with E-state index in [1.165, 1.54) is 17.7 Å². The van der Waals surface area contributed by atoms with Gasteiger partial charge in [0.2, 0.25) is 0 Å². The minimum Gasteiger partial charge on any atom is -0.374 e. The van der Waals surface area contributed by atoms with Crippen molar-refractivity contribution < 1.29 is 4.74 Å². The molecule has 1 spiro atoms. The number of hydrogen-bond acceptors (Lipinski definition) is 3. The zero-order valence-electron chi connectivity index (χ0n) is 11.9. The molecule has 0 amide bonds. The highest BCUT2D eigenvalue weighted by atomic mass is 35.5. The highest BCUT2D eigenvalue weighted by Gasteiger charge is 2.40. The minimum atomic E-state index is 0.147. The number of halogens is 1. The van der Waals surface area contributed by atoms with Gasteiger partial charge in [0, 0.05) is 29.5 Å². The van der Waals surface area contributed by atoms with Crippen LogP contribution >= 0.6 is 23.4 Å². The third-order valence-corrected chi connectivity index (χ3v) is 5.85. The van der Waals surface area contributed by atoms with Gasteiger partial charge in [0.25, 0.3) is 0 Å². The van der Waals surface area contributed by atoms with E-state index in [1.807, 2.05) is 23.9 Å². The molecule has 0 radical (unpaired) electrons. The second kappa shape index (κ2) is 6.27. The van der Waals surface area contributed by atoms with E-state index in [0.717, 1.165) is 30.2 Å². The van der Waals surface area contributed by atoms with Crippen LogP contribution in [0.5, 0.6) is 0 Å². The normalized spacial score (nSPS) is 31.6. The van der Waals surface area contributed by atoms with Gasteiger partial charge in [-0.1, -0.05) is 23.7 Å². The molecular weight excluding hydrogens is 290 g/mol. The van der Waals surface area contributed by atoms with E-state index in [1.54, 1.807) is 0 Å². The highest BCUT2D eigenvalue weighted by molar-refractivity contribution is 7.99. The third kappa shape index (κ3) is 3.33. The average Bonchev–Trinajstić information content (AvgIpc) is 2.87. The standard InChI is InChI=1S/C16H22ClNOS/c1-12(13-3-2-4-14(17)9-13)18-15-5-7-19-16(10-15)6-8-20-11-16/h2-4,9,12,15,18H,5-8,10-11H2,1H3. The SMILES string of the molecule is CC(NC1CCOC2(CCSC2)C1)c1cccc(Cl)c1. The predicted octanol–water partition coefficient (Wildman–Crippen LogP) is 4.05. The van der Waals surface area contributed by atoms with Crippen LogP contribution in [-0.2, 0) is 4.74 Å². The summed E-state index contributed by atoms with van der Waals surface area (Å²) in [5.74, 6) is 2.41. The fraction of sp³-hybridized carbons (Fsp3) is 0.625. The van der Waals surface area contributed by atoms with Crippen molar-refractivity contribution >= 4 is 23.4 Å². The van der Waals surface area contributed by atoms with Gasteiger partial charge in [-0.15, -0.1) is 0 Å².